The van der Waals surface area contributed by atoms with Crippen molar-refractivity contribution in [3.63, 3.8) is 0 Å². The fourth-order valence-corrected chi connectivity index (χ4v) is 3.78. The Morgan fingerprint density at radius 1 is 1.30 bits per heavy atom. The molecule has 0 aliphatic heterocycles. The first-order valence-corrected chi connectivity index (χ1v) is 8.75. The third kappa shape index (κ3) is 3.22. The van der Waals surface area contributed by atoms with Crippen LogP contribution in [0.15, 0.2) is 17.8 Å². The predicted octanol–water partition coefficient (Wildman–Crippen LogP) is 3.57. The molecular formula is C17H23N5S. The zero-order valence-electron chi connectivity index (χ0n) is 14.4. The number of anilines is 1. The maximum atomic E-state index is 4.74. The van der Waals surface area contributed by atoms with Gasteiger partial charge in [0.2, 0.25) is 0 Å². The summed E-state index contributed by atoms with van der Waals surface area (Å²) in [7, 11) is 4.10. The minimum absolute atomic E-state index is 0.613. The van der Waals surface area contributed by atoms with Crippen molar-refractivity contribution >= 4 is 27.4 Å². The second-order valence-corrected chi connectivity index (χ2v) is 7.30. The van der Waals surface area contributed by atoms with Gasteiger partial charge in [-0.05, 0) is 30.2 Å². The minimum atomic E-state index is 0.613. The van der Waals surface area contributed by atoms with Crippen molar-refractivity contribution in [2.24, 2.45) is 13.0 Å². The van der Waals surface area contributed by atoms with Crippen molar-refractivity contribution in [1.29, 1.82) is 0 Å². The zero-order valence-corrected chi connectivity index (χ0v) is 15.2. The van der Waals surface area contributed by atoms with E-state index in [0.717, 1.165) is 35.3 Å². The van der Waals surface area contributed by atoms with Gasteiger partial charge >= 0.3 is 0 Å². The Bertz CT molecular complexity index is 818. The van der Waals surface area contributed by atoms with Gasteiger partial charge in [-0.2, -0.15) is 0 Å². The van der Waals surface area contributed by atoms with Crippen molar-refractivity contribution in [1.82, 2.24) is 19.5 Å². The van der Waals surface area contributed by atoms with Crippen molar-refractivity contribution in [3.8, 4) is 0 Å². The molecule has 6 heteroatoms. The molecule has 3 rings (SSSR count). The summed E-state index contributed by atoms with van der Waals surface area (Å²) in [5, 5.41) is 3.43. The number of thiophene rings is 1. The SMILES string of the molecule is Cc1nc(N(C)Cc2nccn2C)c2c(CC(C)C)csc2n1. The van der Waals surface area contributed by atoms with E-state index >= 15 is 0 Å². The number of aromatic nitrogens is 4. The highest BCUT2D eigenvalue weighted by atomic mass is 32.1. The second-order valence-electron chi connectivity index (χ2n) is 6.44. The summed E-state index contributed by atoms with van der Waals surface area (Å²) in [6.07, 6.45) is 4.85. The average molecular weight is 329 g/mol. The van der Waals surface area contributed by atoms with Crippen LogP contribution in [0.2, 0.25) is 0 Å². The van der Waals surface area contributed by atoms with Crippen molar-refractivity contribution in [2.45, 2.75) is 33.7 Å². The number of hydrogen-bond acceptors (Lipinski definition) is 5. The topological polar surface area (TPSA) is 46.8 Å². The van der Waals surface area contributed by atoms with Crippen LogP contribution in [0.5, 0.6) is 0 Å². The first-order valence-electron chi connectivity index (χ1n) is 7.87. The molecular weight excluding hydrogens is 306 g/mol. The van der Waals surface area contributed by atoms with Gasteiger partial charge in [0.25, 0.3) is 0 Å². The van der Waals surface area contributed by atoms with E-state index in [-0.39, 0.29) is 0 Å². The molecule has 0 aromatic carbocycles. The molecule has 0 amide bonds. The fourth-order valence-electron chi connectivity index (χ4n) is 2.79. The van der Waals surface area contributed by atoms with Gasteiger partial charge in [0.05, 0.1) is 11.9 Å². The number of aryl methyl sites for hydroxylation is 2. The fraction of sp³-hybridized carbons (Fsp3) is 0.471. The molecule has 3 heterocycles. The van der Waals surface area contributed by atoms with E-state index in [1.165, 1.54) is 10.9 Å². The summed E-state index contributed by atoms with van der Waals surface area (Å²) in [4.78, 5) is 17.0. The maximum Gasteiger partial charge on any atom is 0.141 e. The lowest BCUT2D eigenvalue weighted by atomic mass is 10.0. The van der Waals surface area contributed by atoms with Crippen LogP contribution >= 0.6 is 11.3 Å². The van der Waals surface area contributed by atoms with Gasteiger partial charge < -0.3 is 9.47 Å². The van der Waals surface area contributed by atoms with Crippen LogP contribution in [0.4, 0.5) is 5.82 Å². The molecule has 0 atom stereocenters. The Morgan fingerprint density at radius 3 is 2.74 bits per heavy atom. The lowest BCUT2D eigenvalue weighted by Crippen LogP contribution is -2.21. The lowest BCUT2D eigenvalue weighted by Gasteiger charge is -2.20. The standard InChI is InChI=1S/C17H23N5S/c1-11(2)8-13-10-23-17-15(13)16(19-12(3)20-17)22(5)9-14-18-6-7-21(14)4/h6-7,10-11H,8-9H2,1-5H3. The molecule has 0 saturated carbocycles. The van der Waals surface area contributed by atoms with Crippen LogP contribution in [-0.4, -0.2) is 26.6 Å². The first kappa shape index (κ1) is 15.9. The van der Waals surface area contributed by atoms with Gasteiger partial charge in [-0.1, -0.05) is 13.8 Å². The maximum absolute atomic E-state index is 4.74. The van der Waals surface area contributed by atoms with Gasteiger partial charge in [0.1, 0.15) is 22.3 Å². The van der Waals surface area contributed by atoms with Crippen LogP contribution < -0.4 is 4.90 Å². The molecule has 0 saturated heterocycles. The van der Waals surface area contributed by atoms with Gasteiger partial charge in [0.15, 0.2) is 0 Å². The highest BCUT2D eigenvalue weighted by Crippen LogP contribution is 2.33. The molecule has 0 aliphatic rings. The first-order chi connectivity index (χ1) is 11.0. The third-order valence-corrected chi connectivity index (χ3v) is 4.81. The Morgan fingerprint density at radius 2 is 2.09 bits per heavy atom. The van der Waals surface area contributed by atoms with E-state index < -0.39 is 0 Å². The Labute approximate surface area is 141 Å². The molecule has 3 aromatic heterocycles. The van der Waals surface area contributed by atoms with Crippen LogP contribution in [-0.2, 0) is 20.0 Å². The number of rotatable bonds is 5. The van der Waals surface area contributed by atoms with Crippen LogP contribution in [0.25, 0.3) is 10.2 Å². The molecule has 0 spiro atoms. The van der Waals surface area contributed by atoms with E-state index in [9.17, 15) is 0 Å². The normalized spacial score (nSPS) is 11.6. The molecule has 23 heavy (non-hydrogen) atoms. The van der Waals surface area contributed by atoms with E-state index in [0.29, 0.717) is 5.92 Å². The second kappa shape index (κ2) is 6.28. The Balaban J connectivity index is 2.04. The van der Waals surface area contributed by atoms with Crippen molar-refractivity contribution in [3.05, 3.63) is 35.0 Å². The largest absolute Gasteiger partial charge is 0.352 e. The van der Waals surface area contributed by atoms with Crippen LogP contribution in [0, 0.1) is 12.8 Å². The number of imidazole rings is 1. The number of fused-ring (bicyclic) bond motifs is 1. The molecule has 3 aromatic rings. The zero-order chi connectivity index (χ0) is 16.6. The Hall–Kier alpha value is -1.95. The number of hydrogen-bond donors (Lipinski definition) is 0. The van der Waals surface area contributed by atoms with Gasteiger partial charge in [-0.3, -0.25) is 0 Å². The van der Waals surface area contributed by atoms with E-state index in [1.54, 1.807) is 11.3 Å². The lowest BCUT2D eigenvalue weighted by molar-refractivity contribution is 0.651. The summed E-state index contributed by atoms with van der Waals surface area (Å²) >= 11 is 1.71. The third-order valence-electron chi connectivity index (χ3n) is 3.89. The summed E-state index contributed by atoms with van der Waals surface area (Å²) in [6, 6.07) is 0. The quantitative estimate of drug-likeness (QED) is 0.718. The molecule has 0 bridgehead atoms. The van der Waals surface area contributed by atoms with Gasteiger partial charge in [0, 0.05) is 26.5 Å². The van der Waals surface area contributed by atoms with Crippen molar-refractivity contribution in [2.75, 3.05) is 11.9 Å². The molecule has 0 aliphatic carbocycles. The molecule has 0 fully saturated rings. The number of nitrogens with zero attached hydrogens (tertiary/aromatic N) is 5. The van der Waals surface area contributed by atoms with Gasteiger partial charge in [-0.15, -0.1) is 11.3 Å². The Kier molecular flexibility index (Phi) is 4.35. The molecule has 122 valence electrons. The van der Waals surface area contributed by atoms with E-state index in [4.69, 9.17) is 4.98 Å². The van der Waals surface area contributed by atoms with Crippen molar-refractivity contribution < 1.29 is 0 Å². The summed E-state index contributed by atoms with van der Waals surface area (Å²) in [6.45, 7) is 7.18. The van der Waals surface area contributed by atoms with Gasteiger partial charge in [-0.25, -0.2) is 15.0 Å². The summed E-state index contributed by atoms with van der Waals surface area (Å²) in [5.41, 5.74) is 1.35. The summed E-state index contributed by atoms with van der Waals surface area (Å²) in [5.74, 6) is 3.46. The van der Waals surface area contributed by atoms with E-state index in [1.807, 2.05) is 30.9 Å². The molecule has 0 N–H and O–H groups in total. The average Bonchev–Trinajstić information content (AvgIpc) is 3.05. The van der Waals surface area contributed by atoms with E-state index in [2.05, 4.69) is 41.1 Å². The highest BCUT2D eigenvalue weighted by Gasteiger charge is 2.17. The summed E-state index contributed by atoms with van der Waals surface area (Å²) < 4.78 is 2.05. The monoisotopic (exact) mass is 329 g/mol. The molecule has 0 unspecified atom stereocenters. The van der Waals surface area contributed by atoms with Crippen LogP contribution in [0.3, 0.4) is 0 Å². The predicted molar refractivity (Wildman–Crippen MR) is 96.0 cm³/mol. The molecule has 0 radical (unpaired) electrons. The molecule has 5 nitrogen and oxygen atoms in total. The highest BCUT2D eigenvalue weighted by molar-refractivity contribution is 7.17. The van der Waals surface area contributed by atoms with Crippen LogP contribution in [0.1, 0.15) is 31.1 Å². The minimum Gasteiger partial charge on any atom is -0.352 e. The smallest absolute Gasteiger partial charge is 0.141 e.